The van der Waals surface area contributed by atoms with Crippen LogP contribution >= 0.6 is 0 Å². The number of fused-ring (bicyclic) bond motifs is 1. The summed E-state index contributed by atoms with van der Waals surface area (Å²) in [7, 11) is -3.91. The van der Waals surface area contributed by atoms with E-state index in [9.17, 15) is 22.4 Å². The predicted octanol–water partition coefficient (Wildman–Crippen LogP) is 1.90. The normalized spacial score (nSPS) is 13.7. The minimum Gasteiger partial charge on any atom is -0.299 e. The maximum absolute atomic E-state index is 14.7. The number of hydrogen-bond donors (Lipinski definition) is 2. The molecule has 0 fully saturated rings. The number of nitrogens with one attached hydrogen (secondary N) is 1. The molecule has 1 aromatic heterocycles. The van der Waals surface area contributed by atoms with Crippen LogP contribution in [0, 0.1) is 5.82 Å². The average Bonchev–Trinajstić information content (AvgIpc) is 2.72. The van der Waals surface area contributed by atoms with Gasteiger partial charge in [0.15, 0.2) is 14.6 Å². The third-order valence-electron chi connectivity index (χ3n) is 5.23. The van der Waals surface area contributed by atoms with Crippen LogP contribution in [0.3, 0.4) is 0 Å². The van der Waals surface area contributed by atoms with Crippen LogP contribution in [0.4, 0.5) is 4.39 Å². The van der Waals surface area contributed by atoms with Crippen LogP contribution in [0.25, 0.3) is 22.0 Å². The van der Waals surface area contributed by atoms with Crippen LogP contribution in [0.2, 0.25) is 0 Å². The third-order valence-corrected chi connectivity index (χ3v) is 7.25. The summed E-state index contributed by atoms with van der Waals surface area (Å²) in [4.78, 5) is 28.9. The highest BCUT2D eigenvalue weighted by Crippen LogP contribution is 2.26. The molecule has 0 saturated heterocycles. The van der Waals surface area contributed by atoms with Crippen LogP contribution in [0.5, 0.6) is 0 Å². The van der Waals surface area contributed by atoms with Crippen molar-refractivity contribution in [3.05, 3.63) is 65.0 Å². The van der Waals surface area contributed by atoms with Crippen molar-refractivity contribution in [2.45, 2.75) is 24.6 Å². The highest BCUT2D eigenvalue weighted by Gasteiger charge is 2.43. The molecule has 0 aliphatic carbocycles. The Balaban J connectivity index is 2.00. The van der Waals surface area contributed by atoms with Crippen LogP contribution in [0.15, 0.2) is 53.6 Å². The van der Waals surface area contributed by atoms with Crippen molar-refractivity contribution >= 4 is 26.6 Å². The molecule has 1 amide bonds. The van der Waals surface area contributed by atoms with Crippen molar-refractivity contribution in [2.24, 2.45) is 0 Å². The third kappa shape index (κ3) is 3.83. The van der Waals surface area contributed by atoms with Crippen molar-refractivity contribution < 1.29 is 22.8 Å². The number of aryl methyl sites for hydroxylation is 1. The van der Waals surface area contributed by atoms with Gasteiger partial charge < -0.3 is 0 Å². The van der Waals surface area contributed by atoms with E-state index in [4.69, 9.17) is 5.21 Å². The van der Waals surface area contributed by atoms with E-state index in [1.807, 2.05) is 0 Å². The summed E-state index contributed by atoms with van der Waals surface area (Å²) in [5.74, 6) is -1.70. The maximum Gasteiger partial charge on any atom is 0.264 e. The lowest BCUT2D eigenvalue weighted by Gasteiger charge is -2.25. The van der Waals surface area contributed by atoms with Gasteiger partial charge in [0.1, 0.15) is 5.82 Å². The molecule has 2 N–H and O–H groups in total. The monoisotopic (exact) mass is 433 g/mol. The molecule has 0 saturated carbocycles. The lowest BCUT2D eigenvalue weighted by molar-refractivity contribution is -0.131. The molecule has 3 aromatic rings. The van der Waals surface area contributed by atoms with E-state index in [1.165, 1.54) is 17.9 Å². The number of benzene rings is 2. The number of aromatic nitrogens is 2. The Bertz CT molecular complexity index is 1270. The van der Waals surface area contributed by atoms with Gasteiger partial charge in [-0.3, -0.25) is 19.4 Å². The zero-order valence-corrected chi connectivity index (χ0v) is 17.1. The van der Waals surface area contributed by atoms with Gasteiger partial charge in [-0.2, -0.15) is 0 Å². The summed E-state index contributed by atoms with van der Waals surface area (Å²) < 4.78 is 37.9. The first kappa shape index (κ1) is 21.6. The minimum atomic E-state index is -3.91. The Morgan fingerprint density at radius 1 is 1.27 bits per heavy atom. The number of amides is 1. The zero-order chi connectivity index (χ0) is 22.1. The first-order chi connectivity index (χ1) is 14.1. The molecule has 30 heavy (non-hydrogen) atoms. The standard InChI is InChI=1S/C20H20FN3O5S/c1-20(19(26)23-27,30(2,28)29)8-9-24-12-22-17-11-14(13-6-4-3-5-7-13)16(21)10-15(17)18(24)25/h3-7,10-12,27H,8-9H2,1-2H3,(H,23,26)/t20-/m1/s1. The molecule has 1 heterocycles. The number of halogens is 1. The molecule has 8 nitrogen and oxygen atoms in total. The van der Waals surface area contributed by atoms with Crippen molar-refractivity contribution in [3.63, 3.8) is 0 Å². The molecule has 0 bridgehead atoms. The Hall–Kier alpha value is -3.11. The van der Waals surface area contributed by atoms with E-state index in [2.05, 4.69) is 4.98 Å². The summed E-state index contributed by atoms with van der Waals surface area (Å²) >= 11 is 0. The number of hydrogen-bond acceptors (Lipinski definition) is 6. The second-order valence-corrected chi connectivity index (χ2v) is 9.60. The molecule has 10 heteroatoms. The Kier molecular flexibility index (Phi) is 5.73. The highest BCUT2D eigenvalue weighted by atomic mass is 32.2. The first-order valence-corrected chi connectivity index (χ1v) is 10.9. The van der Waals surface area contributed by atoms with Gasteiger partial charge in [-0.1, -0.05) is 30.3 Å². The largest absolute Gasteiger partial charge is 0.299 e. The number of carbonyl (C=O) groups excluding carboxylic acids is 1. The fraction of sp³-hybridized carbons (Fsp3) is 0.250. The van der Waals surface area contributed by atoms with Crippen LogP contribution in [0.1, 0.15) is 13.3 Å². The van der Waals surface area contributed by atoms with Crippen molar-refractivity contribution in [2.75, 3.05) is 6.26 Å². The zero-order valence-electron chi connectivity index (χ0n) is 16.3. The van der Waals surface area contributed by atoms with Crippen LogP contribution in [-0.2, 0) is 21.2 Å². The number of sulfone groups is 1. The smallest absolute Gasteiger partial charge is 0.264 e. The molecule has 0 radical (unpaired) electrons. The number of nitrogens with zero attached hydrogens (tertiary/aromatic N) is 2. The molecular formula is C20H20FN3O5S. The molecule has 158 valence electrons. The number of hydroxylamine groups is 1. The molecule has 3 rings (SSSR count). The molecular weight excluding hydrogens is 413 g/mol. The highest BCUT2D eigenvalue weighted by molar-refractivity contribution is 7.92. The van der Waals surface area contributed by atoms with E-state index in [-0.39, 0.29) is 23.9 Å². The van der Waals surface area contributed by atoms with E-state index in [1.54, 1.807) is 30.3 Å². The second-order valence-electron chi connectivity index (χ2n) is 7.15. The quantitative estimate of drug-likeness (QED) is 0.453. The summed E-state index contributed by atoms with van der Waals surface area (Å²) in [6, 6.07) is 11.4. The molecule has 0 unspecified atom stereocenters. The Morgan fingerprint density at radius 2 is 1.93 bits per heavy atom. The topological polar surface area (TPSA) is 118 Å². The fourth-order valence-electron chi connectivity index (χ4n) is 3.10. The Morgan fingerprint density at radius 3 is 2.53 bits per heavy atom. The van der Waals surface area contributed by atoms with E-state index >= 15 is 0 Å². The van der Waals surface area contributed by atoms with Crippen molar-refractivity contribution in [1.82, 2.24) is 15.0 Å². The van der Waals surface area contributed by atoms with Crippen molar-refractivity contribution in [1.29, 1.82) is 0 Å². The second kappa shape index (κ2) is 7.96. The first-order valence-electron chi connectivity index (χ1n) is 8.97. The molecule has 0 aliphatic rings. The van der Waals surface area contributed by atoms with Crippen LogP contribution < -0.4 is 11.0 Å². The van der Waals surface area contributed by atoms with Gasteiger partial charge in [0.05, 0.1) is 17.2 Å². The van der Waals surface area contributed by atoms with E-state index in [0.29, 0.717) is 11.1 Å². The predicted molar refractivity (Wildman–Crippen MR) is 109 cm³/mol. The van der Waals surface area contributed by atoms with Crippen LogP contribution in [-0.4, -0.2) is 40.1 Å². The van der Waals surface area contributed by atoms with Gasteiger partial charge in [-0.25, -0.2) is 23.3 Å². The van der Waals surface area contributed by atoms with Crippen molar-refractivity contribution in [3.8, 4) is 11.1 Å². The van der Waals surface area contributed by atoms with Gasteiger partial charge in [0.2, 0.25) is 0 Å². The summed E-state index contributed by atoms with van der Waals surface area (Å²) in [5, 5.41) is 8.92. The maximum atomic E-state index is 14.7. The Labute approximate surface area is 171 Å². The lowest BCUT2D eigenvalue weighted by Crippen LogP contribution is -2.50. The lowest BCUT2D eigenvalue weighted by atomic mass is 10.0. The summed E-state index contributed by atoms with van der Waals surface area (Å²) in [5.41, 5.74) is 2.01. The fourth-order valence-corrected chi connectivity index (χ4v) is 3.94. The van der Waals surface area contributed by atoms with Gasteiger partial charge in [0, 0.05) is 18.4 Å². The number of rotatable bonds is 6. The van der Waals surface area contributed by atoms with Gasteiger partial charge in [0.25, 0.3) is 11.5 Å². The van der Waals surface area contributed by atoms with E-state index in [0.717, 1.165) is 23.8 Å². The molecule has 0 spiro atoms. The van der Waals surface area contributed by atoms with E-state index < -0.39 is 31.9 Å². The van der Waals surface area contributed by atoms with Gasteiger partial charge >= 0.3 is 0 Å². The number of carbonyl (C=O) groups is 1. The summed E-state index contributed by atoms with van der Waals surface area (Å²) in [6.07, 6.45) is 1.79. The van der Waals surface area contributed by atoms with Gasteiger partial charge in [-0.15, -0.1) is 0 Å². The molecule has 1 atom stereocenters. The SMILES string of the molecule is C[C@@](CCn1cnc2cc(-c3ccccc3)c(F)cc2c1=O)(C(=O)NO)S(C)(=O)=O. The van der Waals surface area contributed by atoms with Gasteiger partial charge in [-0.05, 0) is 31.0 Å². The minimum absolute atomic E-state index is 0.0300. The molecule has 2 aromatic carbocycles. The average molecular weight is 433 g/mol. The molecule has 0 aliphatic heterocycles. The summed E-state index contributed by atoms with van der Waals surface area (Å²) in [6.45, 7) is 0.972.